The molecule has 2 aliphatic rings. The molecule has 0 atom stereocenters. The first kappa shape index (κ1) is 20.8. The summed E-state index contributed by atoms with van der Waals surface area (Å²) < 4.78 is 5.48. The Kier molecular flexibility index (Phi) is 5.44. The van der Waals surface area contributed by atoms with Gasteiger partial charge in [-0.1, -0.05) is 30.3 Å². The predicted molar refractivity (Wildman–Crippen MR) is 138 cm³/mol. The lowest BCUT2D eigenvalue weighted by molar-refractivity contribution is 0.122. The Morgan fingerprint density at radius 2 is 1.56 bits per heavy atom. The number of anilines is 2. The van der Waals surface area contributed by atoms with E-state index in [4.69, 9.17) is 4.74 Å². The highest BCUT2D eigenvalue weighted by Gasteiger charge is 2.17. The SMILES string of the molecule is N#Cc1cc(-c2cccc3[nH]c(-c4ccc(N5CCOCC5)cc4)cc23)ccc1N1CCCC1. The van der Waals surface area contributed by atoms with Gasteiger partial charge in [0.1, 0.15) is 6.07 Å². The molecule has 0 aliphatic carbocycles. The molecule has 3 aromatic carbocycles. The van der Waals surface area contributed by atoms with E-state index in [1.54, 1.807) is 0 Å². The molecular formula is C29H28N4O. The Morgan fingerprint density at radius 1 is 0.794 bits per heavy atom. The maximum Gasteiger partial charge on any atom is 0.101 e. The molecule has 5 heteroatoms. The number of aromatic nitrogens is 1. The maximum absolute atomic E-state index is 9.84. The maximum atomic E-state index is 9.84. The van der Waals surface area contributed by atoms with Gasteiger partial charge in [0.15, 0.2) is 0 Å². The van der Waals surface area contributed by atoms with Crippen LogP contribution < -0.4 is 9.80 Å². The van der Waals surface area contributed by atoms with Gasteiger partial charge in [-0.25, -0.2) is 0 Å². The third-order valence-electron chi connectivity index (χ3n) is 7.09. The van der Waals surface area contributed by atoms with Crippen molar-refractivity contribution in [1.82, 2.24) is 4.98 Å². The summed E-state index contributed by atoms with van der Waals surface area (Å²) in [4.78, 5) is 8.30. The standard InChI is InChI=1S/C29H28N4O/c30-20-23-18-22(8-11-29(23)33-12-1-2-13-33)25-4-3-5-27-26(25)19-28(31-27)21-6-9-24(10-7-21)32-14-16-34-17-15-32/h3-11,18-19,31H,1-2,12-17H2. The van der Waals surface area contributed by atoms with Crippen LogP contribution in [0.3, 0.4) is 0 Å². The van der Waals surface area contributed by atoms with Crippen LogP contribution in [-0.4, -0.2) is 44.4 Å². The molecule has 0 spiro atoms. The molecule has 34 heavy (non-hydrogen) atoms. The van der Waals surface area contributed by atoms with Crippen molar-refractivity contribution in [3.63, 3.8) is 0 Å². The second kappa shape index (κ2) is 8.89. The highest BCUT2D eigenvalue weighted by molar-refractivity contribution is 5.98. The van der Waals surface area contributed by atoms with E-state index in [0.29, 0.717) is 0 Å². The Balaban J connectivity index is 1.34. The molecule has 0 unspecified atom stereocenters. The number of aromatic amines is 1. The Labute approximate surface area is 200 Å². The Hall–Kier alpha value is -3.75. The second-order valence-corrected chi connectivity index (χ2v) is 9.13. The van der Waals surface area contributed by atoms with Gasteiger partial charge in [0.05, 0.1) is 24.5 Å². The lowest BCUT2D eigenvalue weighted by atomic mass is 9.98. The molecule has 1 N–H and O–H groups in total. The van der Waals surface area contributed by atoms with Crippen LogP contribution in [0.2, 0.25) is 0 Å². The van der Waals surface area contributed by atoms with Gasteiger partial charge in [-0.05, 0) is 65.9 Å². The highest BCUT2D eigenvalue weighted by Crippen LogP contribution is 2.35. The predicted octanol–water partition coefficient (Wildman–Crippen LogP) is 5.81. The van der Waals surface area contributed by atoms with Gasteiger partial charge in [0.25, 0.3) is 0 Å². The van der Waals surface area contributed by atoms with Crippen molar-refractivity contribution in [3.8, 4) is 28.5 Å². The van der Waals surface area contributed by atoms with Gasteiger partial charge in [-0.15, -0.1) is 0 Å². The van der Waals surface area contributed by atoms with Gasteiger partial charge < -0.3 is 19.5 Å². The highest BCUT2D eigenvalue weighted by atomic mass is 16.5. The van der Waals surface area contributed by atoms with Gasteiger partial charge in [-0.3, -0.25) is 0 Å². The summed E-state index contributed by atoms with van der Waals surface area (Å²) in [6.07, 6.45) is 2.40. The van der Waals surface area contributed by atoms with E-state index in [2.05, 4.69) is 81.5 Å². The normalized spacial score (nSPS) is 16.2. The van der Waals surface area contributed by atoms with Crippen molar-refractivity contribution in [1.29, 1.82) is 5.26 Å². The van der Waals surface area contributed by atoms with E-state index >= 15 is 0 Å². The molecule has 2 fully saturated rings. The fourth-order valence-corrected chi connectivity index (χ4v) is 5.26. The van der Waals surface area contributed by atoms with Gasteiger partial charge >= 0.3 is 0 Å². The number of nitrogens with zero attached hydrogens (tertiary/aromatic N) is 3. The molecule has 2 saturated heterocycles. The van der Waals surface area contributed by atoms with E-state index in [1.165, 1.54) is 29.5 Å². The first-order chi connectivity index (χ1) is 16.8. The fraction of sp³-hybridized carbons (Fsp3) is 0.276. The molecule has 0 saturated carbocycles. The zero-order valence-corrected chi connectivity index (χ0v) is 19.3. The summed E-state index contributed by atoms with van der Waals surface area (Å²) in [5, 5.41) is 11.0. The van der Waals surface area contributed by atoms with Gasteiger partial charge in [-0.2, -0.15) is 5.26 Å². The second-order valence-electron chi connectivity index (χ2n) is 9.13. The number of rotatable bonds is 4. The summed E-state index contributed by atoms with van der Waals surface area (Å²) >= 11 is 0. The molecule has 2 aliphatic heterocycles. The number of fused-ring (bicyclic) bond motifs is 1. The van der Waals surface area contributed by atoms with E-state index in [9.17, 15) is 5.26 Å². The first-order valence-electron chi connectivity index (χ1n) is 12.1. The van der Waals surface area contributed by atoms with Gasteiger partial charge in [0.2, 0.25) is 0 Å². The van der Waals surface area contributed by atoms with Crippen molar-refractivity contribution < 1.29 is 4.74 Å². The van der Waals surface area contributed by atoms with Crippen LogP contribution in [0.5, 0.6) is 0 Å². The topological polar surface area (TPSA) is 55.3 Å². The van der Waals surface area contributed by atoms with Crippen LogP contribution >= 0.6 is 0 Å². The number of nitrogens with one attached hydrogen (secondary N) is 1. The molecule has 5 nitrogen and oxygen atoms in total. The van der Waals surface area contributed by atoms with Crippen molar-refractivity contribution in [2.24, 2.45) is 0 Å². The number of hydrogen-bond donors (Lipinski definition) is 1. The van der Waals surface area contributed by atoms with E-state index in [-0.39, 0.29) is 0 Å². The summed E-state index contributed by atoms with van der Waals surface area (Å²) in [7, 11) is 0. The number of ether oxygens (including phenoxy) is 1. The average Bonchev–Trinajstić information content (AvgIpc) is 3.59. The molecule has 1 aromatic heterocycles. The third-order valence-corrected chi connectivity index (χ3v) is 7.09. The molecule has 170 valence electrons. The van der Waals surface area contributed by atoms with Crippen LogP contribution in [-0.2, 0) is 4.74 Å². The summed E-state index contributed by atoms with van der Waals surface area (Å²) in [6, 6.07) is 26.1. The minimum atomic E-state index is 0.755. The molecule has 0 radical (unpaired) electrons. The molecule has 4 aromatic rings. The van der Waals surface area contributed by atoms with Crippen LogP contribution in [0.1, 0.15) is 18.4 Å². The summed E-state index contributed by atoms with van der Waals surface area (Å²) in [6.45, 7) is 5.54. The molecular weight excluding hydrogens is 420 g/mol. The Morgan fingerprint density at radius 3 is 2.32 bits per heavy atom. The average molecular weight is 449 g/mol. The minimum Gasteiger partial charge on any atom is -0.378 e. The van der Waals surface area contributed by atoms with E-state index in [0.717, 1.165) is 73.0 Å². The quantitative estimate of drug-likeness (QED) is 0.428. The van der Waals surface area contributed by atoms with Crippen molar-refractivity contribution >= 4 is 22.3 Å². The van der Waals surface area contributed by atoms with E-state index in [1.807, 2.05) is 6.07 Å². The molecule has 0 bridgehead atoms. The van der Waals surface area contributed by atoms with Crippen molar-refractivity contribution in [2.75, 3.05) is 49.2 Å². The number of benzene rings is 3. The summed E-state index contributed by atoms with van der Waals surface area (Å²) in [5.41, 5.74) is 8.66. The van der Waals surface area contributed by atoms with Crippen LogP contribution in [0.4, 0.5) is 11.4 Å². The Bertz CT molecular complexity index is 1350. The number of morpholine rings is 1. The number of nitriles is 1. The minimum absolute atomic E-state index is 0.755. The van der Waals surface area contributed by atoms with Gasteiger partial charge in [0, 0.05) is 48.5 Å². The molecule has 6 rings (SSSR count). The molecule has 3 heterocycles. The van der Waals surface area contributed by atoms with Crippen LogP contribution in [0.25, 0.3) is 33.3 Å². The van der Waals surface area contributed by atoms with Crippen molar-refractivity contribution in [2.45, 2.75) is 12.8 Å². The third kappa shape index (κ3) is 3.81. The monoisotopic (exact) mass is 448 g/mol. The first-order valence-corrected chi connectivity index (χ1v) is 12.1. The number of H-pyrrole nitrogens is 1. The lowest BCUT2D eigenvalue weighted by Crippen LogP contribution is -2.36. The lowest BCUT2D eigenvalue weighted by Gasteiger charge is -2.28. The number of hydrogen-bond acceptors (Lipinski definition) is 4. The zero-order chi connectivity index (χ0) is 22.9. The van der Waals surface area contributed by atoms with E-state index < -0.39 is 0 Å². The molecule has 0 amide bonds. The summed E-state index contributed by atoms with van der Waals surface area (Å²) in [5.74, 6) is 0. The zero-order valence-electron chi connectivity index (χ0n) is 19.3. The van der Waals surface area contributed by atoms with Crippen LogP contribution in [0, 0.1) is 11.3 Å². The fourth-order valence-electron chi connectivity index (χ4n) is 5.26. The van der Waals surface area contributed by atoms with Crippen LogP contribution in [0.15, 0.2) is 66.7 Å². The smallest absolute Gasteiger partial charge is 0.101 e. The van der Waals surface area contributed by atoms with Crippen molar-refractivity contribution in [3.05, 3.63) is 72.3 Å². The largest absolute Gasteiger partial charge is 0.378 e.